The lowest BCUT2D eigenvalue weighted by Crippen LogP contribution is -2.51. The van der Waals surface area contributed by atoms with E-state index in [9.17, 15) is 14.4 Å². The van der Waals surface area contributed by atoms with Gasteiger partial charge in [0.1, 0.15) is 5.60 Å². The van der Waals surface area contributed by atoms with Gasteiger partial charge in [-0.15, -0.1) is 0 Å². The number of imide groups is 1. The second kappa shape index (κ2) is 8.45. The maximum Gasteiger partial charge on any atom is 0.407 e. The maximum atomic E-state index is 12.5. The Balaban J connectivity index is 1.69. The molecule has 152 valence electrons. The van der Waals surface area contributed by atoms with Gasteiger partial charge >= 0.3 is 6.09 Å². The van der Waals surface area contributed by atoms with Crippen molar-refractivity contribution in [2.75, 3.05) is 6.54 Å². The Morgan fingerprint density at radius 2 is 1.52 bits per heavy atom. The lowest BCUT2D eigenvalue weighted by atomic mass is 10.1. The van der Waals surface area contributed by atoms with Crippen molar-refractivity contribution in [2.45, 2.75) is 38.8 Å². The summed E-state index contributed by atoms with van der Waals surface area (Å²) in [7, 11) is 0. The van der Waals surface area contributed by atoms with Gasteiger partial charge in [0.15, 0.2) is 0 Å². The van der Waals surface area contributed by atoms with Gasteiger partial charge in [0, 0.05) is 6.54 Å². The summed E-state index contributed by atoms with van der Waals surface area (Å²) in [4.78, 5) is 37.3. The Kier molecular flexibility index (Phi) is 5.98. The minimum Gasteiger partial charge on any atom is -0.444 e. The van der Waals surface area contributed by atoms with Crippen LogP contribution < -0.4 is 10.7 Å². The first-order valence-electron chi connectivity index (χ1n) is 9.49. The Labute approximate surface area is 170 Å². The van der Waals surface area contributed by atoms with Gasteiger partial charge in [0.25, 0.3) is 11.8 Å². The highest BCUT2D eigenvalue weighted by atomic mass is 16.6. The van der Waals surface area contributed by atoms with Crippen molar-refractivity contribution < 1.29 is 19.1 Å². The third-order valence-electron chi connectivity index (χ3n) is 4.34. The molecule has 3 rings (SSSR count). The molecule has 0 saturated carbocycles. The highest BCUT2D eigenvalue weighted by Crippen LogP contribution is 2.20. The van der Waals surface area contributed by atoms with Crippen LogP contribution in [0.25, 0.3) is 0 Å². The van der Waals surface area contributed by atoms with Crippen molar-refractivity contribution in [3.05, 3.63) is 71.3 Å². The summed E-state index contributed by atoms with van der Waals surface area (Å²) in [6.45, 7) is 5.54. The lowest BCUT2D eigenvalue weighted by molar-refractivity contribution is 0.0489. The number of amides is 3. The number of nitrogens with one attached hydrogen (secondary N) is 2. The fourth-order valence-corrected chi connectivity index (χ4v) is 3.08. The fraction of sp³-hybridized carbons (Fsp3) is 0.318. The molecule has 2 N–H and O–H groups in total. The highest BCUT2D eigenvalue weighted by molar-refractivity contribution is 6.20. The number of hydrogen-bond acceptors (Lipinski definition) is 5. The predicted molar refractivity (Wildman–Crippen MR) is 108 cm³/mol. The van der Waals surface area contributed by atoms with Crippen LogP contribution in [0.3, 0.4) is 0 Å². The van der Waals surface area contributed by atoms with E-state index in [0.29, 0.717) is 17.5 Å². The van der Waals surface area contributed by atoms with Crippen molar-refractivity contribution in [3.63, 3.8) is 0 Å². The molecule has 2 aromatic carbocycles. The van der Waals surface area contributed by atoms with E-state index in [1.54, 1.807) is 45.0 Å². The third-order valence-corrected chi connectivity index (χ3v) is 4.34. The molecule has 0 aromatic heterocycles. The minimum atomic E-state index is -0.628. The number of carbonyl (C=O) groups is 3. The van der Waals surface area contributed by atoms with E-state index in [-0.39, 0.29) is 6.54 Å². The molecule has 0 unspecified atom stereocenters. The van der Waals surface area contributed by atoms with Gasteiger partial charge in [-0.2, -0.15) is 0 Å². The van der Waals surface area contributed by atoms with Gasteiger partial charge in [-0.3, -0.25) is 9.59 Å². The Morgan fingerprint density at radius 3 is 2.07 bits per heavy atom. The smallest absolute Gasteiger partial charge is 0.407 e. The summed E-state index contributed by atoms with van der Waals surface area (Å²) in [6, 6.07) is 15.9. The number of hydrogen-bond donors (Lipinski definition) is 2. The lowest BCUT2D eigenvalue weighted by Gasteiger charge is -2.25. The quantitative estimate of drug-likeness (QED) is 0.735. The normalized spacial score (nSPS) is 14.5. The van der Waals surface area contributed by atoms with Crippen molar-refractivity contribution in [2.24, 2.45) is 0 Å². The molecule has 2 aromatic rings. The molecule has 1 atom stereocenters. The van der Waals surface area contributed by atoms with Crippen LogP contribution in [-0.4, -0.2) is 41.1 Å². The van der Waals surface area contributed by atoms with E-state index in [1.165, 1.54) is 0 Å². The van der Waals surface area contributed by atoms with Gasteiger partial charge in [0.2, 0.25) is 0 Å². The van der Waals surface area contributed by atoms with Gasteiger partial charge in [0.05, 0.1) is 17.2 Å². The maximum absolute atomic E-state index is 12.5. The van der Waals surface area contributed by atoms with Crippen molar-refractivity contribution in [3.8, 4) is 0 Å². The summed E-state index contributed by atoms with van der Waals surface area (Å²) >= 11 is 0. The highest BCUT2D eigenvalue weighted by Gasteiger charge is 2.35. The largest absolute Gasteiger partial charge is 0.444 e. The van der Waals surface area contributed by atoms with Gasteiger partial charge in [-0.1, -0.05) is 42.5 Å². The molecule has 0 radical (unpaired) electrons. The number of ether oxygens (including phenoxy) is 1. The molecule has 7 heteroatoms. The molecular formula is C22H25N3O4. The van der Waals surface area contributed by atoms with Gasteiger partial charge in [-0.25, -0.2) is 15.2 Å². The number of alkyl carbamates (subject to hydrolysis) is 1. The molecule has 3 amide bonds. The van der Waals surface area contributed by atoms with Crippen LogP contribution in [0.5, 0.6) is 0 Å². The molecule has 0 aliphatic carbocycles. The van der Waals surface area contributed by atoms with Gasteiger partial charge < -0.3 is 10.1 Å². The minimum absolute atomic E-state index is 0.180. The van der Waals surface area contributed by atoms with E-state index < -0.39 is 29.6 Å². The summed E-state index contributed by atoms with van der Waals surface area (Å²) < 4.78 is 5.35. The van der Waals surface area contributed by atoms with Crippen molar-refractivity contribution in [1.82, 2.24) is 15.8 Å². The second-order valence-electron chi connectivity index (χ2n) is 7.89. The monoisotopic (exact) mass is 395 g/mol. The average molecular weight is 395 g/mol. The summed E-state index contributed by atoms with van der Waals surface area (Å²) in [5.41, 5.74) is 4.00. The molecule has 1 heterocycles. The first-order chi connectivity index (χ1) is 13.7. The number of benzene rings is 2. The van der Waals surface area contributed by atoms with E-state index in [1.807, 2.05) is 30.3 Å². The summed E-state index contributed by atoms with van der Waals surface area (Å²) in [5, 5.41) is 3.82. The molecule has 1 aliphatic rings. The second-order valence-corrected chi connectivity index (χ2v) is 7.89. The summed E-state index contributed by atoms with van der Waals surface area (Å²) in [5.74, 6) is -0.803. The standard InChI is InChI=1S/C22H25N3O4/c1-22(2,3)29-21(28)24-16(13-15-9-5-4-6-10-15)14-23-25-19(26)17-11-7-8-12-18(17)20(25)27/h4-12,16,23H,13-14H2,1-3H3,(H,24,28)/t16-/m0/s1. The van der Waals surface area contributed by atoms with E-state index in [4.69, 9.17) is 4.74 Å². The molecule has 0 bridgehead atoms. The van der Waals surface area contributed by atoms with E-state index >= 15 is 0 Å². The number of rotatable bonds is 6. The molecular weight excluding hydrogens is 370 g/mol. The number of carbonyl (C=O) groups excluding carboxylic acids is 3. The number of fused-ring (bicyclic) bond motifs is 1. The van der Waals surface area contributed by atoms with Crippen LogP contribution in [0.1, 0.15) is 47.1 Å². The molecule has 0 spiro atoms. The van der Waals surface area contributed by atoms with Crippen LogP contribution >= 0.6 is 0 Å². The van der Waals surface area contributed by atoms with Crippen LogP contribution in [0.2, 0.25) is 0 Å². The molecule has 7 nitrogen and oxygen atoms in total. The van der Waals surface area contributed by atoms with Crippen LogP contribution in [0.15, 0.2) is 54.6 Å². The first-order valence-corrected chi connectivity index (χ1v) is 9.49. The van der Waals surface area contributed by atoms with Crippen LogP contribution in [-0.2, 0) is 11.2 Å². The Bertz CT molecular complexity index is 871. The zero-order valence-corrected chi connectivity index (χ0v) is 16.8. The molecule has 1 aliphatic heterocycles. The average Bonchev–Trinajstić information content (AvgIpc) is 2.90. The first kappa shape index (κ1) is 20.5. The van der Waals surface area contributed by atoms with E-state index in [2.05, 4.69) is 10.7 Å². The summed E-state index contributed by atoms with van der Waals surface area (Å²) in [6.07, 6.45) is -0.0430. The van der Waals surface area contributed by atoms with Crippen LogP contribution in [0, 0.1) is 0 Å². The van der Waals surface area contributed by atoms with E-state index in [0.717, 1.165) is 10.6 Å². The zero-order valence-electron chi connectivity index (χ0n) is 16.8. The Morgan fingerprint density at radius 1 is 0.966 bits per heavy atom. The number of nitrogens with zero attached hydrogens (tertiary/aromatic N) is 1. The van der Waals surface area contributed by atoms with Crippen molar-refractivity contribution >= 4 is 17.9 Å². The van der Waals surface area contributed by atoms with Crippen LogP contribution in [0.4, 0.5) is 4.79 Å². The zero-order chi connectivity index (χ0) is 21.0. The molecule has 0 saturated heterocycles. The Hall–Kier alpha value is -3.19. The third kappa shape index (κ3) is 5.20. The van der Waals surface area contributed by atoms with Crippen molar-refractivity contribution in [1.29, 1.82) is 0 Å². The molecule has 29 heavy (non-hydrogen) atoms. The topological polar surface area (TPSA) is 87.7 Å². The predicted octanol–water partition coefficient (Wildman–Crippen LogP) is 2.92. The molecule has 0 fully saturated rings. The SMILES string of the molecule is CC(C)(C)OC(=O)N[C@H](CNN1C(=O)c2ccccc2C1=O)Cc1ccccc1. The number of hydrazine groups is 1. The van der Waals surface area contributed by atoms with Gasteiger partial charge in [-0.05, 0) is 44.9 Å². The fourth-order valence-electron chi connectivity index (χ4n) is 3.08.